The van der Waals surface area contributed by atoms with Crippen molar-refractivity contribution in [2.45, 2.75) is 51.4 Å². The normalized spacial score (nSPS) is 23.1. The summed E-state index contributed by atoms with van der Waals surface area (Å²) in [5, 5.41) is 4.00. The van der Waals surface area contributed by atoms with Gasteiger partial charge in [-0.1, -0.05) is 22.9 Å². The Morgan fingerprint density at radius 2 is 2.05 bits per heavy atom. The second-order valence-electron chi connectivity index (χ2n) is 6.71. The van der Waals surface area contributed by atoms with Crippen LogP contribution in [0.5, 0.6) is 0 Å². The third-order valence-corrected chi connectivity index (χ3v) is 5.15. The Bertz CT molecular complexity index is 554. The number of ether oxygens (including phenoxy) is 1. The number of hydrogen-bond donors (Lipinski definition) is 1. The molecule has 5 nitrogen and oxygen atoms in total. The number of carbonyl (C=O) groups is 1. The number of amides is 1. The Balaban J connectivity index is 2.15. The summed E-state index contributed by atoms with van der Waals surface area (Å²) >= 11 is 7.37. The topological polar surface area (TPSA) is 54.5 Å². The Labute approximate surface area is 134 Å². The zero-order valence-electron chi connectivity index (χ0n) is 13.3. The van der Waals surface area contributed by atoms with Crippen LogP contribution >= 0.6 is 22.9 Å². The standard InChI is InChI=1S/C14H22ClN3O2S/c1-13(2)7-8(14(3,4)20-13)16-11(19)9-10(15)17-12(21-9)18(5)6/h8H,7H2,1-6H3,(H,16,19)/t8-/m1/s1. The summed E-state index contributed by atoms with van der Waals surface area (Å²) in [4.78, 5) is 18.9. The first kappa shape index (κ1) is 16.5. The number of aromatic nitrogens is 1. The lowest BCUT2D eigenvalue weighted by molar-refractivity contribution is -0.0693. The van der Waals surface area contributed by atoms with E-state index in [-0.39, 0.29) is 22.7 Å². The molecule has 118 valence electrons. The minimum Gasteiger partial charge on any atom is -0.367 e. The van der Waals surface area contributed by atoms with Gasteiger partial charge in [0.05, 0.1) is 17.2 Å². The maximum atomic E-state index is 12.5. The fraction of sp³-hybridized carbons (Fsp3) is 0.714. The summed E-state index contributed by atoms with van der Waals surface area (Å²) in [6.45, 7) is 8.05. The average molecular weight is 332 g/mol. The van der Waals surface area contributed by atoms with Crippen molar-refractivity contribution < 1.29 is 9.53 Å². The molecule has 0 radical (unpaired) electrons. The molecule has 1 fully saturated rings. The van der Waals surface area contributed by atoms with Crippen molar-refractivity contribution in [3.63, 3.8) is 0 Å². The number of thiazole rings is 1. The number of halogens is 1. The van der Waals surface area contributed by atoms with Crippen molar-refractivity contribution in [2.75, 3.05) is 19.0 Å². The van der Waals surface area contributed by atoms with E-state index in [1.807, 2.05) is 46.7 Å². The van der Waals surface area contributed by atoms with Gasteiger partial charge in [-0.15, -0.1) is 0 Å². The molecule has 1 amide bonds. The molecule has 1 N–H and O–H groups in total. The molecule has 2 rings (SSSR count). The van der Waals surface area contributed by atoms with Crippen molar-refractivity contribution in [3.8, 4) is 0 Å². The molecule has 1 aromatic rings. The van der Waals surface area contributed by atoms with Crippen molar-refractivity contribution >= 4 is 34.0 Å². The van der Waals surface area contributed by atoms with Gasteiger partial charge in [0, 0.05) is 14.1 Å². The average Bonchev–Trinajstić information content (AvgIpc) is 2.76. The number of rotatable bonds is 3. The molecular weight excluding hydrogens is 310 g/mol. The van der Waals surface area contributed by atoms with Crippen LogP contribution in [0.25, 0.3) is 0 Å². The SMILES string of the molecule is CN(C)c1nc(Cl)c(C(=O)N[C@@H]2CC(C)(C)OC2(C)C)s1. The molecule has 7 heteroatoms. The summed E-state index contributed by atoms with van der Waals surface area (Å²) in [7, 11) is 3.74. The molecule has 1 aromatic heterocycles. The summed E-state index contributed by atoms with van der Waals surface area (Å²) in [6.07, 6.45) is 0.767. The van der Waals surface area contributed by atoms with Crippen molar-refractivity contribution in [1.82, 2.24) is 10.3 Å². The Morgan fingerprint density at radius 1 is 1.43 bits per heavy atom. The first-order valence-electron chi connectivity index (χ1n) is 6.86. The third kappa shape index (κ3) is 3.49. The van der Waals surface area contributed by atoms with Gasteiger partial charge in [0.2, 0.25) is 0 Å². The lowest BCUT2D eigenvalue weighted by atomic mass is 9.94. The van der Waals surface area contributed by atoms with E-state index in [4.69, 9.17) is 16.3 Å². The largest absolute Gasteiger partial charge is 0.367 e. The van der Waals surface area contributed by atoms with E-state index in [9.17, 15) is 4.79 Å². The van der Waals surface area contributed by atoms with Gasteiger partial charge < -0.3 is 15.0 Å². The Kier molecular flexibility index (Phi) is 4.26. The van der Waals surface area contributed by atoms with E-state index in [1.54, 1.807) is 0 Å². The highest BCUT2D eigenvalue weighted by atomic mass is 35.5. The number of nitrogens with zero attached hydrogens (tertiary/aromatic N) is 2. The van der Waals surface area contributed by atoms with Crippen molar-refractivity contribution in [3.05, 3.63) is 10.0 Å². The first-order valence-corrected chi connectivity index (χ1v) is 8.06. The van der Waals surface area contributed by atoms with E-state index in [1.165, 1.54) is 11.3 Å². The molecule has 0 saturated carbocycles. The molecule has 0 bridgehead atoms. The molecule has 0 spiro atoms. The highest BCUT2D eigenvalue weighted by Crippen LogP contribution is 2.38. The van der Waals surface area contributed by atoms with E-state index >= 15 is 0 Å². The van der Waals surface area contributed by atoms with E-state index in [2.05, 4.69) is 10.3 Å². The van der Waals surface area contributed by atoms with E-state index < -0.39 is 5.60 Å². The van der Waals surface area contributed by atoms with Gasteiger partial charge in [-0.2, -0.15) is 0 Å². The van der Waals surface area contributed by atoms with Gasteiger partial charge in [-0.05, 0) is 34.1 Å². The third-order valence-electron chi connectivity index (χ3n) is 3.54. The van der Waals surface area contributed by atoms with Crippen LogP contribution in [0.15, 0.2) is 0 Å². The minimum atomic E-state index is -0.402. The van der Waals surface area contributed by atoms with Crippen LogP contribution < -0.4 is 10.2 Å². The maximum Gasteiger partial charge on any atom is 0.264 e. The number of carbonyl (C=O) groups excluding carboxylic acids is 1. The lowest BCUT2D eigenvalue weighted by Crippen LogP contribution is -2.46. The first-order chi connectivity index (χ1) is 9.52. The molecule has 2 heterocycles. The smallest absolute Gasteiger partial charge is 0.264 e. The van der Waals surface area contributed by atoms with Crippen LogP contribution in [0.4, 0.5) is 5.13 Å². The van der Waals surface area contributed by atoms with E-state index in [0.29, 0.717) is 10.0 Å². The summed E-state index contributed by atoms with van der Waals surface area (Å²) in [5.74, 6) is -0.190. The highest BCUT2D eigenvalue weighted by Gasteiger charge is 2.46. The van der Waals surface area contributed by atoms with Crippen LogP contribution in [0.2, 0.25) is 5.15 Å². The summed E-state index contributed by atoms with van der Waals surface area (Å²) < 4.78 is 5.99. The number of hydrogen-bond acceptors (Lipinski definition) is 5. The number of anilines is 1. The van der Waals surface area contributed by atoms with Crippen LogP contribution in [-0.4, -0.2) is 42.2 Å². The van der Waals surface area contributed by atoms with Crippen molar-refractivity contribution in [2.24, 2.45) is 0 Å². The van der Waals surface area contributed by atoms with Crippen LogP contribution in [0, 0.1) is 0 Å². The van der Waals surface area contributed by atoms with Gasteiger partial charge in [0.25, 0.3) is 5.91 Å². The Hall–Kier alpha value is -0.850. The zero-order chi connectivity index (χ0) is 16.0. The lowest BCUT2D eigenvalue weighted by Gasteiger charge is -2.27. The van der Waals surface area contributed by atoms with Gasteiger partial charge in [0.15, 0.2) is 10.3 Å². The molecule has 1 atom stereocenters. The molecule has 0 unspecified atom stereocenters. The molecule has 1 aliphatic heterocycles. The van der Waals surface area contributed by atoms with E-state index in [0.717, 1.165) is 6.42 Å². The predicted molar refractivity (Wildman–Crippen MR) is 86.6 cm³/mol. The quantitative estimate of drug-likeness (QED) is 0.925. The molecule has 0 aromatic carbocycles. The summed E-state index contributed by atoms with van der Waals surface area (Å²) in [6, 6.07) is -0.0547. The fourth-order valence-electron chi connectivity index (χ4n) is 2.63. The zero-order valence-corrected chi connectivity index (χ0v) is 14.9. The van der Waals surface area contributed by atoms with Gasteiger partial charge in [-0.3, -0.25) is 4.79 Å². The maximum absolute atomic E-state index is 12.5. The van der Waals surface area contributed by atoms with Crippen molar-refractivity contribution in [1.29, 1.82) is 0 Å². The van der Waals surface area contributed by atoms with Gasteiger partial charge in [-0.25, -0.2) is 4.98 Å². The monoisotopic (exact) mass is 331 g/mol. The molecule has 1 aliphatic rings. The minimum absolute atomic E-state index is 0.0547. The van der Waals surface area contributed by atoms with Gasteiger partial charge in [0.1, 0.15) is 4.88 Å². The summed E-state index contributed by atoms with van der Waals surface area (Å²) in [5.41, 5.74) is -0.644. The van der Waals surface area contributed by atoms with Crippen LogP contribution in [-0.2, 0) is 4.74 Å². The van der Waals surface area contributed by atoms with Gasteiger partial charge >= 0.3 is 0 Å². The Morgan fingerprint density at radius 3 is 2.48 bits per heavy atom. The van der Waals surface area contributed by atoms with Crippen LogP contribution in [0.3, 0.4) is 0 Å². The molecule has 1 saturated heterocycles. The number of nitrogens with one attached hydrogen (secondary N) is 1. The van der Waals surface area contributed by atoms with Crippen LogP contribution in [0.1, 0.15) is 43.8 Å². The predicted octanol–water partition coefficient (Wildman–Crippen LogP) is 2.94. The second kappa shape index (κ2) is 5.41. The molecule has 21 heavy (non-hydrogen) atoms. The fourth-order valence-corrected chi connectivity index (χ4v) is 3.75. The molecular formula is C14H22ClN3O2S. The highest BCUT2D eigenvalue weighted by molar-refractivity contribution is 7.18. The second-order valence-corrected chi connectivity index (χ2v) is 8.04. The molecule has 0 aliphatic carbocycles.